The predicted octanol–water partition coefficient (Wildman–Crippen LogP) is 3.51. The average molecular weight is 189 g/mol. The molecule has 1 aliphatic rings. The van der Waals surface area contributed by atoms with E-state index in [0.717, 1.165) is 5.92 Å². The standard InChI is InChI=1S/C13H19N/c1-11-7-8-13(14-10-11)9-12-5-3-2-4-6-12/h7-8,10,12H,2-6,9H2,1H3. The van der Waals surface area contributed by atoms with Crippen molar-refractivity contribution in [3.05, 3.63) is 29.6 Å². The molecule has 1 nitrogen and oxygen atoms in total. The van der Waals surface area contributed by atoms with Crippen LogP contribution in [-0.4, -0.2) is 4.98 Å². The van der Waals surface area contributed by atoms with Crippen molar-refractivity contribution in [1.82, 2.24) is 4.98 Å². The molecule has 0 aliphatic heterocycles. The van der Waals surface area contributed by atoms with Gasteiger partial charge in [0.2, 0.25) is 0 Å². The fraction of sp³-hybridized carbons (Fsp3) is 0.615. The molecule has 1 aromatic heterocycles. The molecule has 0 radical (unpaired) electrons. The van der Waals surface area contributed by atoms with Crippen molar-refractivity contribution >= 4 is 0 Å². The Bertz CT molecular complexity index is 270. The van der Waals surface area contributed by atoms with E-state index in [2.05, 4.69) is 24.0 Å². The lowest BCUT2D eigenvalue weighted by Gasteiger charge is -2.20. The second-order valence-electron chi connectivity index (χ2n) is 4.54. The van der Waals surface area contributed by atoms with Crippen LogP contribution in [0, 0.1) is 12.8 Å². The second kappa shape index (κ2) is 4.59. The number of hydrogen-bond acceptors (Lipinski definition) is 1. The molecule has 0 unspecified atom stereocenters. The molecule has 0 N–H and O–H groups in total. The molecule has 0 bridgehead atoms. The minimum atomic E-state index is 0.902. The number of aryl methyl sites for hydroxylation is 1. The van der Waals surface area contributed by atoms with Crippen LogP contribution in [0.15, 0.2) is 18.3 Å². The minimum absolute atomic E-state index is 0.902. The van der Waals surface area contributed by atoms with E-state index in [1.165, 1.54) is 49.8 Å². The van der Waals surface area contributed by atoms with Gasteiger partial charge in [-0.05, 0) is 30.9 Å². The highest BCUT2D eigenvalue weighted by atomic mass is 14.7. The van der Waals surface area contributed by atoms with Crippen molar-refractivity contribution in [3.63, 3.8) is 0 Å². The molecule has 0 saturated heterocycles. The van der Waals surface area contributed by atoms with Gasteiger partial charge < -0.3 is 0 Å². The summed E-state index contributed by atoms with van der Waals surface area (Å²) in [7, 11) is 0. The Morgan fingerprint density at radius 1 is 1.21 bits per heavy atom. The van der Waals surface area contributed by atoms with Crippen LogP contribution in [0.4, 0.5) is 0 Å². The summed E-state index contributed by atoms with van der Waals surface area (Å²) in [5.74, 6) is 0.902. The molecule has 1 fully saturated rings. The zero-order valence-electron chi connectivity index (χ0n) is 9.00. The first-order valence-electron chi connectivity index (χ1n) is 5.76. The lowest BCUT2D eigenvalue weighted by atomic mass is 9.86. The van der Waals surface area contributed by atoms with Gasteiger partial charge in [-0.3, -0.25) is 4.98 Å². The molecular weight excluding hydrogens is 170 g/mol. The van der Waals surface area contributed by atoms with Gasteiger partial charge in [0.25, 0.3) is 0 Å². The van der Waals surface area contributed by atoms with Crippen LogP contribution >= 0.6 is 0 Å². The Kier molecular flexibility index (Phi) is 3.18. The van der Waals surface area contributed by atoms with Gasteiger partial charge in [0, 0.05) is 11.9 Å². The first-order chi connectivity index (χ1) is 6.84. The van der Waals surface area contributed by atoms with E-state index >= 15 is 0 Å². The molecule has 0 spiro atoms. The number of pyridine rings is 1. The molecule has 1 aromatic rings. The van der Waals surface area contributed by atoms with Gasteiger partial charge in [-0.25, -0.2) is 0 Å². The van der Waals surface area contributed by atoms with Crippen molar-refractivity contribution in [3.8, 4) is 0 Å². The Balaban J connectivity index is 1.92. The van der Waals surface area contributed by atoms with Crippen molar-refractivity contribution in [1.29, 1.82) is 0 Å². The monoisotopic (exact) mass is 189 g/mol. The number of nitrogens with zero attached hydrogens (tertiary/aromatic N) is 1. The van der Waals surface area contributed by atoms with Gasteiger partial charge >= 0.3 is 0 Å². The van der Waals surface area contributed by atoms with Gasteiger partial charge in [-0.2, -0.15) is 0 Å². The van der Waals surface area contributed by atoms with Crippen molar-refractivity contribution in [2.24, 2.45) is 5.92 Å². The molecule has 14 heavy (non-hydrogen) atoms. The molecule has 76 valence electrons. The number of aromatic nitrogens is 1. The van der Waals surface area contributed by atoms with Crippen LogP contribution in [0.5, 0.6) is 0 Å². The zero-order chi connectivity index (χ0) is 9.80. The molecule has 0 atom stereocenters. The average Bonchev–Trinajstić information content (AvgIpc) is 2.23. The number of hydrogen-bond donors (Lipinski definition) is 0. The number of rotatable bonds is 2. The second-order valence-corrected chi connectivity index (χ2v) is 4.54. The Morgan fingerprint density at radius 3 is 2.64 bits per heavy atom. The lowest BCUT2D eigenvalue weighted by Crippen LogP contribution is -2.10. The largest absolute Gasteiger partial charge is 0.261 e. The van der Waals surface area contributed by atoms with Crippen LogP contribution in [0.25, 0.3) is 0 Å². The summed E-state index contributed by atoms with van der Waals surface area (Å²) < 4.78 is 0. The molecule has 2 rings (SSSR count). The highest BCUT2D eigenvalue weighted by Gasteiger charge is 2.13. The van der Waals surface area contributed by atoms with E-state index in [0.29, 0.717) is 0 Å². The van der Waals surface area contributed by atoms with Crippen LogP contribution in [-0.2, 0) is 6.42 Å². The van der Waals surface area contributed by atoms with E-state index in [9.17, 15) is 0 Å². The van der Waals surface area contributed by atoms with Crippen LogP contribution in [0.3, 0.4) is 0 Å². The quantitative estimate of drug-likeness (QED) is 0.693. The smallest absolute Gasteiger partial charge is 0.0406 e. The molecule has 0 amide bonds. The maximum absolute atomic E-state index is 4.47. The predicted molar refractivity (Wildman–Crippen MR) is 59.3 cm³/mol. The SMILES string of the molecule is Cc1ccc(CC2CCCCC2)nc1. The maximum atomic E-state index is 4.47. The van der Waals surface area contributed by atoms with Crippen molar-refractivity contribution < 1.29 is 0 Å². The summed E-state index contributed by atoms with van der Waals surface area (Å²) >= 11 is 0. The molecule has 1 saturated carbocycles. The summed E-state index contributed by atoms with van der Waals surface area (Å²) in [4.78, 5) is 4.47. The third-order valence-electron chi connectivity index (χ3n) is 3.20. The summed E-state index contributed by atoms with van der Waals surface area (Å²) in [6, 6.07) is 4.36. The summed E-state index contributed by atoms with van der Waals surface area (Å²) in [5, 5.41) is 0. The molecule has 0 aromatic carbocycles. The molecule has 1 aliphatic carbocycles. The lowest BCUT2D eigenvalue weighted by molar-refractivity contribution is 0.354. The van der Waals surface area contributed by atoms with Crippen LogP contribution < -0.4 is 0 Å². The summed E-state index contributed by atoms with van der Waals surface area (Å²) in [5.41, 5.74) is 2.54. The van der Waals surface area contributed by atoms with E-state index in [1.54, 1.807) is 0 Å². The van der Waals surface area contributed by atoms with Crippen LogP contribution in [0.2, 0.25) is 0 Å². The van der Waals surface area contributed by atoms with E-state index < -0.39 is 0 Å². The topological polar surface area (TPSA) is 12.9 Å². The first kappa shape index (κ1) is 9.70. The Morgan fingerprint density at radius 2 is 2.00 bits per heavy atom. The Labute approximate surface area is 86.6 Å². The third kappa shape index (κ3) is 2.57. The van der Waals surface area contributed by atoms with Gasteiger partial charge in [-0.1, -0.05) is 38.2 Å². The van der Waals surface area contributed by atoms with E-state index in [4.69, 9.17) is 0 Å². The van der Waals surface area contributed by atoms with Crippen LogP contribution in [0.1, 0.15) is 43.4 Å². The van der Waals surface area contributed by atoms with Gasteiger partial charge in [0.05, 0.1) is 0 Å². The normalized spacial score (nSPS) is 18.4. The zero-order valence-corrected chi connectivity index (χ0v) is 9.00. The highest BCUT2D eigenvalue weighted by molar-refractivity contribution is 5.12. The van der Waals surface area contributed by atoms with Gasteiger partial charge in [-0.15, -0.1) is 0 Å². The third-order valence-corrected chi connectivity index (χ3v) is 3.20. The van der Waals surface area contributed by atoms with Crippen molar-refractivity contribution in [2.75, 3.05) is 0 Å². The molecule has 1 heteroatoms. The van der Waals surface area contributed by atoms with Gasteiger partial charge in [0.15, 0.2) is 0 Å². The molecular formula is C13H19N. The van der Waals surface area contributed by atoms with Gasteiger partial charge in [0.1, 0.15) is 0 Å². The Hall–Kier alpha value is -0.850. The fourth-order valence-corrected chi connectivity index (χ4v) is 2.31. The summed E-state index contributed by atoms with van der Waals surface area (Å²) in [6.07, 6.45) is 10.3. The van der Waals surface area contributed by atoms with Crippen molar-refractivity contribution in [2.45, 2.75) is 45.4 Å². The molecule has 1 heterocycles. The first-order valence-corrected chi connectivity index (χ1v) is 5.76. The minimum Gasteiger partial charge on any atom is -0.261 e. The maximum Gasteiger partial charge on any atom is 0.0406 e. The van der Waals surface area contributed by atoms with E-state index in [1.807, 2.05) is 6.20 Å². The summed E-state index contributed by atoms with van der Waals surface area (Å²) in [6.45, 7) is 2.09. The fourth-order valence-electron chi connectivity index (χ4n) is 2.31. The van der Waals surface area contributed by atoms with E-state index in [-0.39, 0.29) is 0 Å². The highest BCUT2D eigenvalue weighted by Crippen LogP contribution is 2.26.